The molecule has 0 aliphatic heterocycles. The van der Waals surface area contributed by atoms with Crippen molar-refractivity contribution in [1.29, 1.82) is 0 Å². The molecule has 5 nitrogen and oxygen atoms in total. The maximum atomic E-state index is 11.3. The van der Waals surface area contributed by atoms with Crippen molar-refractivity contribution in [3.05, 3.63) is 28.8 Å². The lowest BCUT2D eigenvalue weighted by atomic mass is 9.91. The summed E-state index contributed by atoms with van der Waals surface area (Å²) in [5.74, 6) is -0.655. The third-order valence-electron chi connectivity index (χ3n) is 4.06. The Labute approximate surface area is 124 Å². The van der Waals surface area contributed by atoms with E-state index in [4.69, 9.17) is 5.11 Å². The monoisotopic (exact) mass is 291 g/mol. The lowest BCUT2D eigenvalue weighted by Gasteiger charge is -2.16. The number of hydrogen-bond donors (Lipinski definition) is 3. The third-order valence-corrected chi connectivity index (χ3v) is 4.06. The number of carbonyl (C=O) groups is 2. The number of fused-ring (bicyclic) bond motifs is 1. The Bertz CT molecular complexity index is 553. The summed E-state index contributed by atoms with van der Waals surface area (Å²) < 4.78 is 0. The van der Waals surface area contributed by atoms with Crippen molar-refractivity contribution in [2.24, 2.45) is 0 Å². The van der Waals surface area contributed by atoms with Crippen LogP contribution in [0.5, 0.6) is 5.75 Å². The van der Waals surface area contributed by atoms with E-state index in [9.17, 15) is 14.7 Å². The van der Waals surface area contributed by atoms with E-state index in [1.54, 1.807) is 6.07 Å². The summed E-state index contributed by atoms with van der Waals surface area (Å²) >= 11 is 0. The van der Waals surface area contributed by atoms with Crippen molar-refractivity contribution in [2.75, 3.05) is 6.54 Å². The summed E-state index contributed by atoms with van der Waals surface area (Å²) in [6, 6.07) is 3.46. The zero-order chi connectivity index (χ0) is 15.4. The van der Waals surface area contributed by atoms with E-state index in [2.05, 4.69) is 5.32 Å². The molecule has 0 saturated carbocycles. The molecule has 1 aromatic rings. The number of phenols is 1. The highest BCUT2D eigenvalue weighted by atomic mass is 16.4. The van der Waals surface area contributed by atoms with Gasteiger partial charge in [0, 0.05) is 18.5 Å². The molecule has 1 aliphatic rings. The summed E-state index contributed by atoms with van der Waals surface area (Å²) in [5, 5.41) is 21.8. The molecule has 0 aromatic heterocycles. The highest BCUT2D eigenvalue weighted by Crippen LogP contribution is 2.41. The fraction of sp³-hybridized carbons (Fsp3) is 0.500. The minimum absolute atomic E-state index is 0.0230. The summed E-state index contributed by atoms with van der Waals surface area (Å²) in [6.45, 7) is 2.39. The van der Waals surface area contributed by atoms with E-state index in [1.165, 1.54) is 0 Å². The van der Waals surface area contributed by atoms with Crippen LogP contribution in [-0.4, -0.2) is 28.6 Å². The van der Waals surface area contributed by atoms with Gasteiger partial charge in [0.25, 0.3) is 0 Å². The number of phenolic OH excluding ortho intramolecular Hbond substituents is 1. The molecule has 1 atom stereocenters. The summed E-state index contributed by atoms with van der Waals surface area (Å²) in [6.07, 6.45) is 2.91. The Balaban J connectivity index is 2.15. The van der Waals surface area contributed by atoms with E-state index in [-0.39, 0.29) is 24.0 Å². The molecule has 0 saturated heterocycles. The number of aliphatic carboxylic acids is 1. The predicted octanol–water partition coefficient (Wildman–Crippen LogP) is 1.97. The van der Waals surface area contributed by atoms with Gasteiger partial charge in [-0.15, -0.1) is 0 Å². The fourth-order valence-electron chi connectivity index (χ4n) is 3.04. The highest BCUT2D eigenvalue weighted by Gasteiger charge is 2.27. The standard InChI is InChI=1S/C16H21NO4/c1-2-14(19)17-8-7-11-4-3-10-5-6-13(18)12(16(10)11)9-15(20)21/h5-6,11,18H,2-4,7-9H2,1H3,(H,17,19)(H,20,21)/t11-/m0/s1. The molecule has 114 valence electrons. The van der Waals surface area contributed by atoms with Crippen LogP contribution < -0.4 is 5.32 Å². The van der Waals surface area contributed by atoms with Crippen molar-refractivity contribution in [2.45, 2.75) is 44.9 Å². The van der Waals surface area contributed by atoms with Crippen molar-refractivity contribution in [1.82, 2.24) is 5.32 Å². The van der Waals surface area contributed by atoms with Gasteiger partial charge in [-0.3, -0.25) is 9.59 Å². The zero-order valence-electron chi connectivity index (χ0n) is 12.2. The van der Waals surface area contributed by atoms with Crippen LogP contribution >= 0.6 is 0 Å². The number of hydrogen-bond acceptors (Lipinski definition) is 3. The average Bonchev–Trinajstić information content (AvgIpc) is 2.85. The molecule has 0 bridgehead atoms. The molecular formula is C16H21NO4. The Kier molecular flexibility index (Phi) is 4.83. The second-order valence-corrected chi connectivity index (χ2v) is 5.43. The summed E-state index contributed by atoms with van der Waals surface area (Å²) in [7, 11) is 0. The third kappa shape index (κ3) is 3.54. The number of benzene rings is 1. The first-order valence-electron chi connectivity index (χ1n) is 7.35. The number of carboxylic acid groups (broad SMARTS) is 1. The lowest BCUT2D eigenvalue weighted by Crippen LogP contribution is -2.24. The molecule has 0 spiro atoms. The maximum absolute atomic E-state index is 11.3. The first kappa shape index (κ1) is 15.4. The molecule has 0 fully saturated rings. The predicted molar refractivity (Wildman–Crippen MR) is 78.4 cm³/mol. The van der Waals surface area contributed by atoms with Crippen LogP contribution in [0.15, 0.2) is 12.1 Å². The molecule has 21 heavy (non-hydrogen) atoms. The summed E-state index contributed by atoms with van der Waals surface area (Å²) in [4.78, 5) is 22.3. The van der Waals surface area contributed by atoms with E-state index in [1.807, 2.05) is 13.0 Å². The molecule has 5 heteroatoms. The smallest absolute Gasteiger partial charge is 0.307 e. The van der Waals surface area contributed by atoms with Gasteiger partial charge in [-0.1, -0.05) is 13.0 Å². The number of rotatable bonds is 6. The van der Waals surface area contributed by atoms with Crippen LogP contribution in [0.4, 0.5) is 0 Å². The largest absolute Gasteiger partial charge is 0.508 e. The Morgan fingerprint density at radius 1 is 1.38 bits per heavy atom. The van der Waals surface area contributed by atoms with Crippen LogP contribution in [0.2, 0.25) is 0 Å². The second kappa shape index (κ2) is 6.61. The molecule has 0 radical (unpaired) electrons. The number of carbonyl (C=O) groups excluding carboxylic acids is 1. The van der Waals surface area contributed by atoms with Gasteiger partial charge in [0.2, 0.25) is 5.91 Å². The van der Waals surface area contributed by atoms with E-state index in [0.717, 1.165) is 30.4 Å². The molecule has 1 aliphatic carbocycles. The number of aromatic hydroxyl groups is 1. The molecule has 0 heterocycles. The highest BCUT2D eigenvalue weighted by molar-refractivity contribution is 5.75. The van der Waals surface area contributed by atoms with Crippen LogP contribution in [-0.2, 0) is 22.4 Å². The fourth-order valence-corrected chi connectivity index (χ4v) is 3.04. The Morgan fingerprint density at radius 2 is 2.14 bits per heavy atom. The van der Waals surface area contributed by atoms with Crippen LogP contribution in [0.3, 0.4) is 0 Å². The van der Waals surface area contributed by atoms with Gasteiger partial charge in [0.05, 0.1) is 6.42 Å². The van der Waals surface area contributed by atoms with Crippen molar-refractivity contribution in [3.8, 4) is 5.75 Å². The van der Waals surface area contributed by atoms with Crippen LogP contribution in [0, 0.1) is 0 Å². The van der Waals surface area contributed by atoms with Gasteiger partial charge in [-0.25, -0.2) is 0 Å². The average molecular weight is 291 g/mol. The normalized spacial score (nSPS) is 16.5. The quantitative estimate of drug-likeness (QED) is 0.748. The molecule has 2 rings (SSSR count). The molecule has 3 N–H and O–H groups in total. The van der Waals surface area contributed by atoms with Gasteiger partial charge < -0.3 is 15.5 Å². The topological polar surface area (TPSA) is 86.6 Å². The van der Waals surface area contributed by atoms with Gasteiger partial charge in [0.15, 0.2) is 0 Å². The van der Waals surface area contributed by atoms with E-state index < -0.39 is 5.97 Å². The number of nitrogens with one attached hydrogen (secondary N) is 1. The second-order valence-electron chi connectivity index (χ2n) is 5.43. The van der Waals surface area contributed by atoms with Crippen molar-refractivity contribution >= 4 is 11.9 Å². The maximum Gasteiger partial charge on any atom is 0.307 e. The van der Waals surface area contributed by atoms with Gasteiger partial charge in [-0.05, 0) is 42.4 Å². The van der Waals surface area contributed by atoms with Gasteiger partial charge in [0.1, 0.15) is 5.75 Å². The van der Waals surface area contributed by atoms with E-state index >= 15 is 0 Å². The number of aryl methyl sites for hydroxylation is 1. The minimum Gasteiger partial charge on any atom is -0.508 e. The number of carboxylic acids is 1. The van der Waals surface area contributed by atoms with Gasteiger partial charge >= 0.3 is 5.97 Å². The zero-order valence-corrected chi connectivity index (χ0v) is 12.2. The van der Waals surface area contributed by atoms with Crippen LogP contribution in [0.25, 0.3) is 0 Å². The molecule has 0 unspecified atom stereocenters. The van der Waals surface area contributed by atoms with Crippen molar-refractivity contribution < 1.29 is 19.8 Å². The minimum atomic E-state index is -0.941. The SMILES string of the molecule is CCC(=O)NCC[C@@H]1CCc2ccc(O)c(CC(=O)O)c21. The van der Waals surface area contributed by atoms with Gasteiger partial charge in [-0.2, -0.15) is 0 Å². The van der Waals surface area contributed by atoms with E-state index in [0.29, 0.717) is 18.5 Å². The molecule has 1 aromatic carbocycles. The Hall–Kier alpha value is -2.04. The lowest BCUT2D eigenvalue weighted by molar-refractivity contribution is -0.136. The van der Waals surface area contributed by atoms with Crippen molar-refractivity contribution in [3.63, 3.8) is 0 Å². The first-order chi connectivity index (χ1) is 10.0. The summed E-state index contributed by atoms with van der Waals surface area (Å²) in [5.41, 5.74) is 2.63. The van der Waals surface area contributed by atoms with Crippen LogP contribution in [0.1, 0.15) is 48.8 Å². The molecule has 1 amide bonds. The molecular weight excluding hydrogens is 270 g/mol. The number of amides is 1. The first-order valence-corrected chi connectivity index (χ1v) is 7.35. The Morgan fingerprint density at radius 3 is 2.81 bits per heavy atom.